The summed E-state index contributed by atoms with van der Waals surface area (Å²) in [7, 11) is -2.19. The molecular formula is C27H27N5O3S. The van der Waals surface area contributed by atoms with Gasteiger partial charge >= 0.3 is 0 Å². The molecule has 2 aliphatic heterocycles. The average Bonchev–Trinajstić information content (AvgIpc) is 2.89. The van der Waals surface area contributed by atoms with Gasteiger partial charge in [-0.1, -0.05) is 42.5 Å². The van der Waals surface area contributed by atoms with E-state index in [4.69, 9.17) is 0 Å². The monoisotopic (exact) mass is 501 g/mol. The third-order valence-corrected chi connectivity index (χ3v) is 9.02. The largest absolute Gasteiger partial charge is 0.354 e. The molecule has 2 aromatic heterocycles. The van der Waals surface area contributed by atoms with Crippen LogP contribution in [0.2, 0.25) is 0 Å². The molecule has 9 heteroatoms. The molecule has 2 aromatic carbocycles. The van der Waals surface area contributed by atoms with Crippen molar-refractivity contribution in [3.8, 4) is 11.3 Å². The summed E-state index contributed by atoms with van der Waals surface area (Å²) >= 11 is 0. The van der Waals surface area contributed by atoms with E-state index in [1.54, 1.807) is 25.1 Å². The topological polar surface area (TPSA) is 97.2 Å². The number of aryl methyl sites for hydroxylation is 1. The molecule has 1 N–H and O–H groups in total. The van der Waals surface area contributed by atoms with E-state index in [1.165, 1.54) is 7.05 Å². The average molecular weight is 502 g/mol. The van der Waals surface area contributed by atoms with Crippen molar-refractivity contribution in [2.75, 3.05) is 25.0 Å². The fourth-order valence-corrected chi connectivity index (χ4v) is 6.75. The summed E-state index contributed by atoms with van der Waals surface area (Å²) in [6, 6.07) is 18.9. The first-order valence-corrected chi connectivity index (χ1v) is 13.6. The Bertz CT molecular complexity index is 1660. The third kappa shape index (κ3) is 3.70. The lowest BCUT2D eigenvalue weighted by molar-refractivity contribution is 0.280. The smallest absolute Gasteiger partial charge is 0.250 e. The van der Waals surface area contributed by atoms with Crippen molar-refractivity contribution < 1.29 is 8.42 Å². The Labute approximate surface area is 209 Å². The summed E-state index contributed by atoms with van der Waals surface area (Å²) in [5.74, 6) is 1.45. The molecule has 184 valence electrons. The molecule has 0 aliphatic carbocycles. The van der Waals surface area contributed by atoms with Gasteiger partial charge in [0.15, 0.2) is 5.82 Å². The molecule has 4 aromatic rings. The molecule has 1 fully saturated rings. The quantitative estimate of drug-likeness (QED) is 0.461. The van der Waals surface area contributed by atoms with Gasteiger partial charge in [0.25, 0.3) is 5.56 Å². The van der Waals surface area contributed by atoms with E-state index in [9.17, 15) is 13.2 Å². The maximum absolute atomic E-state index is 12.6. The predicted octanol–water partition coefficient (Wildman–Crippen LogP) is 3.30. The van der Waals surface area contributed by atoms with Crippen LogP contribution in [-0.4, -0.2) is 43.3 Å². The Kier molecular flexibility index (Phi) is 5.42. The van der Waals surface area contributed by atoms with Crippen molar-refractivity contribution in [1.82, 2.24) is 19.5 Å². The Hall–Kier alpha value is -3.56. The van der Waals surface area contributed by atoms with E-state index >= 15 is 0 Å². The predicted molar refractivity (Wildman–Crippen MR) is 140 cm³/mol. The number of nitrogens with zero attached hydrogens (tertiary/aromatic N) is 4. The van der Waals surface area contributed by atoms with E-state index in [1.807, 2.05) is 41.0 Å². The Morgan fingerprint density at radius 3 is 2.56 bits per heavy atom. The molecule has 0 spiro atoms. The van der Waals surface area contributed by atoms with Crippen molar-refractivity contribution in [3.63, 3.8) is 0 Å². The van der Waals surface area contributed by atoms with Gasteiger partial charge in [-0.15, -0.1) is 10.2 Å². The Morgan fingerprint density at radius 2 is 1.75 bits per heavy atom. The van der Waals surface area contributed by atoms with Crippen LogP contribution in [0.25, 0.3) is 22.0 Å². The molecule has 0 radical (unpaired) electrons. The van der Waals surface area contributed by atoms with Gasteiger partial charge in [-0.25, -0.2) is 13.1 Å². The minimum atomic E-state index is -3.60. The SMILES string of the molecule is CNS(=O)(=O)c1cc(-c2nnc(N3C[C@@H]4C[C@@H](C3)c3cccc(=O)n3C4)c3ccccc23)ccc1C. The van der Waals surface area contributed by atoms with Crippen molar-refractivity contribution in [2.24, 2.45) is 5.92 Å². The van der Waals surface area contributed by atoms with Gasteiger partial charge in [-0.05, 0) is 44.0 Å². The van der Waals surface area contributed by atoms with Crippen molar-refractivity contribution in [1.29, 1.82) is 0 Å². The second kappa shape index (κ2) is 8.53. The standard InChI is InChI=1S/C27H27N5O3S/c1-17-10-11-19(13-24(17)36(34,35)28-2)26-21-6-3-4-7-22(21)27(30-29-26)31-14-18-12-20(16-31)23-8-5-9-25(33)32(23)15-18/h3-11,13,18,20,28H,12,14-16H2,1-2H3/t18-,20-/m0/s1. The number of hydrogen-bond donors (Lipinski definition) is 1. The first kappa shape index (κ1) is 22.9. The van der Waals surface area contributed by atoms with E-state index in [0.717, 1.165) is 48.3 Å². The minimum Gasteiger partial charge on any atom is -0.354 e. The second-order valence-electron chi connectivity index (χ2n) is 9.71. The fraction of sp³-hybridized carbons (Fsp3) is 0.296. The highest BCUT2D eigenvalue weighted by molar-refractivity contribution is 7.89. The Balaban J connectivity index is 1.43. The lowest BCUT2D eigenvalue weighted by atomic mass is 9.83. The lowest BCUT2D eigenvalue weighted by Gasteiger charge is -2.43. The number of aromatic nitrogens is 3. The van der Waals surface area contributed by atoms with Gasteiger partial charge in [0.1, 0.15) is 5.69 Å². The summed E-state index contributed by atoms with van der Waals surface area (Å²) in [5.41, 5.74) is 3.18. The van der Waals surface area contributed by atoms with Crippen LogP contribution in [-0.2, 0) is 16.6 Å². The van der Waals surface area contributed by atoms with Crippen LogP contribution in [0, 0.1) is 12.8 Å². The number of pyridine rings is 1. The number of fused-ring (bicyclic) bond motifs is 5. The zero-order chi connectivity index (χ0) is 25.0. The summed E-state index contributed by atoms with van der Waals surface area (Å²) in [6.45, 7) is 4.08. The number of nitrogens with one attached hydrogen (secondary N) is 1. The van der Waals surface area contributed by atoms with Crippen molar-refractivity contribution in [3.05, 3.63) is 82.3 Å². The molecule has 6 rings (SSSR count). The number of anilines is 1. The zero-order valence-corrected chi connectivity index (χ0v) is 21.0. The normalized spacial score (nSPS) is 19.3. The van der Waals surface area contributed by atoms with Gasteiger partial charge in [0, 0.05) is 53.6 Å². The lowest BCUT2D eigenvalue weighted by Crippen LogP contribution is -2.47. The third-order valence-electron chi connectivity index (χ3n) is 7.47. The molecule has 2 bridgehead atoms. The number of benzene rings is 2. The van der Waals surface area contributed by atoms with E-state index in [0.29, 0.717) is 22.7 Å². The molecule has 2 aliphatic rings. The Morgan fingerprint density at radius 1 is 0.944 bits per heavy atom. The molecule has 2 atom stereocenters. The summed E-state index contributed by atoms with van der Waals surface area (Å²) in [4.78, 5) is 14.9. The van der Waals surface area contributed by atoms with Crippen LogP contribution in [0.3, 0.4) is 0 Å². The number of sulfonamides is 1. The second-order valence-corrected chi connectivity index (χ2v) is 11.6. The van der Waals surface area contributed by atoms with Crippen LogP contribution < -0.4 is 15.2 Å². The van der Waals surface area contributed by atoms with Gasteiger partial charge in [-0.2, -0.15) is 0 Å². The maximum atomic E-state index is 12.6. The van der Waals surface area contributed by atoms with E-state index in [-0.39, 0.29) is 16.4 Å². The molecule has 8 nitrogen and oxygen atoms in total. The van der Waals surface area contributed by atoms with Crippen LogP contribution >= 0.6 is 0 Å². The summed E-state index contributed by atoms with van der Waals surface area (Å²) in [6.07, 6.45) is 1.06. The van der Waals surface area contributed by atoms with Crippen molar-refractivity contribution >= 4 is 26.6 Å². The van der Waals surface area contributed by atoms with Gasteiger partial charge in [0.2, 0.25) is 10.0 Å². The molecule has 4 heterocycles. The highest BCUT2D eigenvalue weighted by Crippen LogP contribution is 2.39. The highest BCUT2D eigenvalue weighted by atomic mass is 32.2. The number of piperidine rings is 1. The first-order valence-electron chi connectivity index (χ1n) is 12.1. The van der Waals surface area contributed by atoms with Gasteiger partial charge < -0.3 is 9.47 Å². The van der Waals surface area contributed by atoms with E-state index < -0.39 is 10.0 Å². The highest BCUT2D eigenvalue weighted by Gasteiger charge is 2.35. The first-order chi connectivity index (χ1) is 17.4. The van der Waals surface area contributed by atoms with Crippen LogP contribution in [0.1, 0.15) is 23.6 Å². The van der Waals surface area contributed by atoms with Gasteiger partial charge in [0.05, 0.1) is 4.90 Å². The summed E-state index contributed by atoms with van der Waals surface area (Å²) < 4.78 is 29.4. The molecule has 0 unspecified atom stereocenters. The van der Waals surface area contributed by atoms with Crippen LogP contribution in [0.15, 0.2) is 70.4 Å². The fourth-order valence-electron chi connectivity index (χ4n) is 5.75. The molecule has 0 saturated carbocycles. The maximum Gasteiger partial charge on any atom is 0.250 e. The zero-order valence-electron chi connectivity index (χ0n) is 20.2. The van der Waals surface area contributed by atoms with Crippen LogP contribution in [0.5, 0.6) is 0 Å². The van der Waals surface area contributed by atoms with E-state index in [2.05, 4.69) is 25.9 Å². The molecule has 1 saturated heterocycles. The van der Waals surface area contributed by atoms with Crippen LogP contribution in [0.4, 0.5) is 5.82 Å². The summed E-state index contributed by atoms with van der Waals surface area (Å²) in [5, 5.41) is 11.2. The molecular weight excluding hydrogens is 474 g/mol. The molecule has 36 heavy (non-hydrogen) atoms. The van der Waals surface area contributed by atoms with Crippen molar-refractivity contribution in [2.45, 2.75) is 30.7 Å². The number of rotatable bonds is 4. The number of hydrogen-bond acceptors (Lipinski definition) is 6. The molecule has 0 amide bonds. The van der Waals surface area contributed by atoms with Gasteiger partial charge in [-0.3, -0.25) is 4.79 Å². The minimum absolute atomic E-state index is 0.0722.